The highest BCUT2D eigenvalue weighted by atomic mass is 35.5. The quantitative estimate of drug-likeness (QED) is 0.185. The third-order valence-corrected chi connectivity index (χ3v) is 10.3. The van der Waals surface area contributed by atoms with Gasteiger partial charge in [-0.25, -0.2) is 17.5 Å². The summed E-state index contributed by atoms with van der Waals surface area (Å²) in [6.07, 6.45) is 7.77. The Balaban J connectivity index is 1.33. The molecular formula is C30H34Cl2N4O5S. The van der Waals surface area contributed by atoms with E-state index < -0.39 is 16.1 Å². The third-order valence-electron chi connectivity index (χ3n) is 7.66. The lowest BCUT2D eigenvalue weighted by atomic mass is 9.94. The maximum atomic E-state index is 13.4. The lowest BCUT2D eigenvalue weighted by molar-refractivity contribution is 0.194. The van der Waals surface area contributed by atoms with Crippen molar-refractivity contribution >= 4 is 39.3 Å². The molecule has 2 aliphatic rings. The normalized spacial score (nSPS) is 15.9. The monoisotopic (exact) mass is 632 g/mol. The molecule has 0 bridgehead atoms. The number of benzene rings is 2. The molecule has 42 heavy (non-hydrogen) atoms. The fraction of sp³-hybridized carbons (Fsp3) is 0.400. The Kier molecular flexibility index (Phi) is 9.29. The molecule has 0 atom stereocenters. The van der Waals surface area contributed by atoms with Gasteiger partial charge in [0.15, 0.2) is 0 Å². The minimum Gasteiger partial charge on any atom is -0.490 e. The zero-order valence-electron chi connectivity index (χ0n) is 23.3. The van der Waals surface area contributed by atoms with Crippen LogP contribution in [0.5, 0.6) is 5.75 Å². The molecule has 0 spiro atoms. The van der Waals surface area contributed by atoms with Gasteiger partial charge in [0.1, 0.15) is 10.6 Å². The molecule has 2 saturated carbocycles. The first-order chi connectivity index (χ1) is 20.1. The predicted octanol–water partition coefficient (Wildman–Crippen LogP) is 6.04. The van der Waals surface area contributed by atoms with Crippen molar-refractivity contribution in [2.75, 3.05) is 20.1 Å². The van der Waals surface area contributed by atoms with Gasteiger partial charge >= 0.3 is 6.09 Å². The number of ether oxygens (including phenoxy) is 1. The summed E-state index contributed by atoms with van der Waals surface area (Å²) in [6.45, 7) is 0.799. The van der Waals surface area contributed by atoms with Gasteiger partial charge in [-0.1, -0.05) is 41.4 Å². The summed E-state index contributed by atoms with van der Waals surface area (Å²) >= 11 is 12.9. The molecule has 1 amide bonds. The highest BCUT2D eigenvalue weighted by Gasteiger charge is 2.46. The van der Waals surface area contributed by atoms with E-state index in [-0.39, 0.29) is 34.7 Å². The van der Waals surface area contributed by atoms with Crippen molar-refractivity contribution in [1.82, 2.24) is 19.9 Å². The van der Waals surface area contributed by atoms with Crippen LogP contribution in [-0.2, 0) is 22.1 Å². The molecule has 9 nitrogen and oxygen atoms in total. The van der Waals surface area contributed by atoms with Crippen LogP contribution in [0.1, 0.15) is 49.7 Å². The topological polar surface area (TPSA) is 121 Å². The highest BCUT2D eigenvalue weighted by Crippen LogP contribution is 2.50. The molecule has 1 aromatic heterocycles. The number of hydrogen-bond acceptors (Lipinski definition) is 6. The third kappa shape index (κ3) is 7.01. The molecular weight excluding hydrogens is 599 g/mol. The number of pyridine rings is 1. The summed E-state index contributed by atoms with van der Waals surface area (Å²) in [5.41, 5.74) is 3.42. The molecule has 0 saturated heterocycles. The number of hydrogen-bond donors (Lipinski definition) is 3. The van der Waals surface area contributed by atoms with E-state index in [1.807, 2.05) is 30.5 Å². The number of nitrogens with one attached hydrogen (secondary N) is 2. The van der Waals surface area contributed by atoms with E-state index in [1.54, 1.807) is 6.20 Å². The lowest BCUT2D eigenvalue weighted by Crippen LogP contribution is -2.30. The van der Waals surface area contributed by atoms with Crippen LogP contribution in [0.4, 0.5) is 4.79 Å². The molecule has 1 heterocycles. The number of sulfonamides is 1. The van der Waals surface area contributed by atoms with Gasteiger partial charge in [0.25, 0.3) is 0 Å². The average molecular weight is 634 g/mol. The number of carbonyl (C=O) groups is 1. The first-order valence-corrected chi connectivity index (χ1v) is 16.2. The standard InChI is InChI=1S/C30H34Cl2N4O5S/c1-36(15-5-4-13-34-29(37)38)42(39,40)28-16-20(25(31)17-26(28)32)18-35-30(11-12-30)24-19-33-14-10-22(24)23-6-2-3-7-27(23)41-21-8-9-21/h2-3,6-7,10,14,16-17,19,21,34-35H,4-5,8-9,11-13,15,18H2,1H3,(H,37,38). The molecule has 0 aliphatic heterocycles. The van der Waals surface area contributed by atoms with E-state index >= 15 is 0 Å². The van der Waals surface area contributed by atoms with Crippen LogP contribution >= 0.6 is 23.2 Å². The van der Waals surface area contributed by atoms with Crippen molar-refractivity contribution in [3.63, 3.8) is 0 Å². The minimum absolute atomic E-state index is 0.0189. The number of para-hydroxylation sites is 1. The molecule has 2 fully saturated rings. The van der Waals surface area contributed by atoms with E-state index in [1.165, 1.54) is 23.5 Å². The van der Waals surface area contributed by atoms with Gasteiger partial charge in [-0.2, -0.15) is 0 Å². The van der Waals surface area contributed by atoms with E-state index in [2.05, 4.69) is 21.7 Å². The number of aromatic nitrogens is 1. The fourth-order valence-corrected chi connectivity index (χ4v) is 6.99. The van der Waals surface area contributed by atoms with Crippen molar-refractivity contribution in [2.45, 2.75) is 61.6 Å². The van der Waals surface area contributed by atoms with Crippen LogP contribution in [0.3, 0.4) is 0 Å². The van der Waals surface area contributed by atoms with Gasteiger partial charge in [-0.05, 0) is 79.5 Å². The SMILES string of the molecule is CN(CCCCNC(=O)O)S(=O)(=O)c1cc(CNC2(c3cnccc3-c3ccccc3OC3CC3)CC2)c(Cl)cc1Cl. The van der Waals surface area contributed by atoms with E-state index in [0.29, 0.717) is 30.0 Å². The first-order valence-electron chi connectivity index (χ1n) is 14.0. The summed E-state index contributed by atoms with van der Waals surface area (Å²) in [5, 5.41) is 15.0. The van der Waals surface area contributed by atoms with Gasteiger partial charge in [0.05, 0.1) is 11.1 Å². The number of halogens is 2. The molecule has 3 N–H and O–H groups in total. The van der Waals surface area contributed by atoms with Crippen molar-refractivity contribution < 1.29 is 23.1 Å². The van der Waals surface area contributed by atoms with Gasteiger partial charge in [0.2, 0.25) is 10.0 Å². The Morgan fingerprint density at radius 2 is 1.88 bits per heavy atom. The molecule has 5 rings (SSSR count). The number of rotatable bonds is 14. The summed E-state index contributed by atoms with van der Waals surface area (Å²) < 4.78 is 34.2. The number of unbranched alkanes of at least 4 members (excludes halogenated alkanes) is 1. The second-order valence-corrected chi connectivity index (χ2v) is 13.6. The maximum absolute atomic E-state index is 13.4. The highest BCUT2D eigenvalue weighted by molar-refractivity contribution is 7.89. The van der Waals surface area contributed by atoms with Crippen LogP contribution in [0.2, 0.25) is 10.0 Å². The Hall–Kier alpha value is -2.89. The first kappa shape index (κ1) is 30.6. The summed E-state index contributed by atoms with van der Waals surface area (Å²) in [6, 6.07) is 13.1. The molecule has 2 aliphatic carbocycles. The van der Waals surface area contributed by atoms with Gasteiger partial charge in [-0.15, -0.1) is 0 Å². The molecule has 2 aromatic carbocycles. The Morgan fingerprint density at radius 3 is 2.60 bits per heavy atom. The fourth-order valence-electron chi connectivity index (χ4n) is 4.95. The van der Waals surface area contributed by atoms with E-state index in [4.69, 9.17) is 33.0 Å². The Bertz CT molecular complexity index is 1560. The molecule has 0 unspecified atom stereocenters. The van der Waals surface area contributed by atoms with Crippen molar-refractivity contribution in [2.24, 2.45) is 0 Å². The smallest absolute Gasteiger partial charge is 0.404 e. The van der Waals surface area contributed by atoms with Crippen LogP contribution in [0.15, 0.2) is 59.8 Å². The minimum atomic E-state index is -3.90. The largest absolute Gasteiger partial charge is 0.490 e. The summed E-state index contributed by atoms with van der Waals surface area (Å²) in [5.74, 6) is 0.862. The van der Waals surface area contributed by atoms with Crippen molar-refractivity contribution in [3.8, 4) is 16.9 Å². The Labute approximate surface area is 256 Å². The zero-order valence-corrected chi connectivity index (χ0v) is 25.6. The second kappa shape index (κ2) is 12.8. The van der Waals surface area contributed by atoms with Gasteiger partial charge in [0, 0.05) is 55.2 Å². The maximum Gasteiger partial charge on any atom is 0.404 e. The number of amides is 1. The molecule has 0 radical (unpaired) electrons. The zero-order chi connectivity index (χ0) is 29.9. The van der Waals surface area contributed by atoms with Gasteiger partial charge in [-0.3, -0.25) is 4.98 Å². The van der Waals surface area contributed by atoms with Crippen molar-refractivity contribution in [3.05, 3.63) is 76.0 Å². The van der Waals surface area contributed by atoms with E-state index in [9.17, 15) is 13.2 Å². The summed E-state index contributed by atoms with van der Waals surface area (Å²) in [7, 11) is -2.42. The lowest BCUT2D eigenvalue weighted by Gasteiger charge is -2.23. The molecule has 12 heteroatoms. The molecule has 3 aromatic rings. The molecule has 224 valence electrons. The van der Waals surface area contributed by atoms with Crippen LogP contribution in [0, 0.1) is 0 Å². The second-order valence-electron chi connectivity index (χ2n) is 10.8. The number of carboxylic acid groups (broad SMARTS) is 1. The number of nitrogens with zero attached hydrogens (tertiary/aromatic N) is 2. The Morgan fingerprint density at radius 1 is 1.12 bits per heavy atom. The average Bonchev–Trinajstić information content (AvgIpc) is 3.90. The van der Waals surface area contributed by atoms with Crippen molar-refractivity contribution in [1.29, 1.82) is 0 Å². The van der Waals surface area contributed by atoms with E-state index in [0.717, 1.165) is 48.1 Å². The predicted molar refractivity (Wildman–Crippen MR) is 163 cm³/mol. The van der Waals surface area contributed by atoms with Crippen LogP contribution in [0.25, 0.3) is 11.1 Å². The van der Waals surface area contributed by atoms with Gasteiger partial charge < -0.3 is 20.5 Å². The van der Waals surface area contributed by atoms with Crippen LogP contribution < -0.4 is 15.4 Å². The summed E-state index contributed by atoms with van der Waals surface area (Å²) in [4.78, 5) is 15.0. The van der Waals surface area contributed by atoms with Crippen LogP contribution in [-0.4, -0.2) is 55.1 Å².